The van der Waals surface area contributed by atoms with Gasteiger partial charge < -0.3 is 9.47 Å². The molecule has 0 radical (unpaired) electrons. The molecule has 1 saturated carbocycles. The summed E-state index contributed by atoms with van der Waals surface area (Å²) in [5.41, 5.74) is 1.24. The first kappa shape index (κ1) is 13.6. The molecule has 4 rings (SSSR count). The molecule has 1 fully saturated rings. The van der Waals surface area contributed by atoms with Crippen molar-refractivity contribution in [1.82, 2.24) is 9.47 Å². The number of carbonyl (C=O) groups excluding carboxylic acids is 1. The number of rotatable bonds is 4. The minimum atomic E-state index is 0.224. The summed E-state index contributed by atoms with van der Waals surface area (Å²) >= 11 is 0. The number of carbonyl (C=O) groups is 1. The highest BCUT2D eigenvalue weighted by molar-refractivity contribution is 5.81. The Labute approximate surface area is 131 Å². The van der Waals surface area contributed by atoms with Crippen LogP contribution in [0.1, 0.15) is 12.8 Å². The van der Waals surface area contributed by atoms with Crippen molar-refractivity contribution >= 4 is 16.8 Å². The van der Waals surface area contributed by atoms with Crippen molar-refractivity contribution in [1.29, 1.82) is 0 Å². The van der Waals surface area contributed by atoms with E-state index in [1.165, 1.54) is 17.3 Å². The van der Waals surface area contributed by atoms with Gasteiger partial charge in [0, 0.05) is 37.8 Å². The molecule has 2 bridgehead atoms. The molecule has 1 aromatic carbocycles. The van der Waals surface area contributed by atoms with Crippen LogP contribution in [0, 0.1) is 17.8 Å². The van der Waals surface area contributed by atoms with E-state index < -0.39 is 0 Å². The standard InChI is InChI=1S/C19H22N2O/c1-20(19(22)17-13-14-6-7-16(17)12-14)10-11-21-9-8-15-4-2-3-5-18(15)21/h2-9,14,16-17H,10-13H2,1H3/t14-,16+,17-/m1/s1. The number of para-hydroxylation sites is 1. The Bertz CT molecular complexity index is 730. The van der Waals surface area contributed by atoms with Crippen LogP contribution in [-0.2, 0) is 11.3 Å². The number of allylic oxidation sites excluding steroid dienone is 2. The van der Waals surface area contributed by atoms with E-state index in [0.29, 0.717) is 17.7 Å². The highest BCUT2D eigenvalue weighted by atomic mass is 16.2. The Hall–Kier alpha value is -2.03. The van der Waals surface area contributed by atoms with Gasteiger partial charge >= 0.3 is 0 Å². The highest BCUT2D eigenvalue weighted by Gasteiger charge is 2.40. The summed E-state index contributed by atoms with van der Waals surface area (Å²) in [7, 11) is 1.95. The molecular weight excluding hydrogens is 272 g/mol. The van der Waals surface area contributed by atoms with Gasteiger partial charge in [-0.3, -0.25) is 4.79 Å². The molecule has 3 atom stereocenters. The molecule has 3 nitrogen and oxygen atoms in total. The average Bonchev–Trinajstić information content (AvgIpc) is 3.26. The van der Waals surface area contributed by atoms with Crippen molar-refractivity contribution in [2.24, 2.45) is 17.8 Å². The molecule has 1 amide bonds. The molecule has 0 saturated heterocycles. The number of hydrogen-bond donors (Lipinski definition) is 0. The summed E-state index contributed by atoms with van der Waals surface area (Å²) in [5.74, 6) is 1.70. The molecule has 2 aliphatic rings. The minimum Gasteiger partial charge on any atom is -0.346 e. The quantitative estimate of drug-likeness (QED) is 0.794. The Morgan fingerprint density at radius 2 is 2.09 bits per heavy atom. The first-order chi connectivity index (χ1) is 10.7. The second-order valence-electron chi connectivity index (χ2n) is 6.71. The Morgan fingerprint density at radius 3 is 2.86 bits per heavy atom. The van der Waals surface area contributed by atoms with Crippen molar-refractivity contribution in [3.63, 3.8) is 0 Å². The van der Waals surface area contributed by atoms with E-state index in [1.54, 1.807) is 0 Å². The van der Waals surface area contributed by atoms with Gasteiger partial charge in [0.2, 0.25) is 5.91 Å². The largest absolute Gasteiger partial charge is 0.346 e. The lowest BCUT2D eigenvalue weighted by Crippen LogP contribution is -2.36. The van der Waals surface area contributed by atoms with E-state index >= 15 is 0 Å². The lowest BCUT2D eigenvalue weighted by Gasteiger charge is -2.25. The van der Waals surface area contributed by atoms with Crippen LogP contribution in [0.25, 0.3) is 10.9 Å². The third kappa shape index (κ3) is 2.25. The van der Waals surface area contributed by atoms with Gasteiger partial charge in [0.1, 0.15) is 0 Å². The van der Waals surface area contributed by atoms with Crippen LogP contribution in [0.5, 0.6) is 0 Å². The van der Waals surface area contributed by atoms with Crippen LogP contribution >= 0.6 is 0 Å². The minimum absolute atomic E-state index is 0.224. The molecule has 0 aliphatic heterocycles. The van der Waals surface area contributed by atoms with Gasteiger partial charge in [-0.05, 0) is 42.2 Å². The molecule has 0 unspecified atom stereocenters. The summed E-state index contributed by atoms with van der Waals surface area (Å²) < 4.78 is 2.24. The monoisotopic (exact) mass is 294 g/mol. The number of aromatic nitrogens is 1. The Kier molecular flexibility index (Phi) is 3.29. The van der Waals surface area contributed by atoms with Crippen LogP contribution in [0.3, 0.4) is 0 Å². The van der Waals surface area contributed by atoms with Crippen molar-refractivity contribution in [2.75, 3.05) is 13.6 Å². The zero-order valence-corrected chi connectivity index (χ0v) is 13.0. The highest BCUT2D eigenvalue weighted by Crippen LogP contribution is 2.44. The number of hydrogen-bond acceptors (Lipinski definition) is 1. The summed E-state index contributed by atoms with van der Waals surface area (Å²) in [4.78, 5) is 14.6. The maximum absolute atomic E-state index is 12.6. The topological polar surface area (TPSA) is 25.2 Å². The molecule has 2 aliphatic carbocycles. The molecule has 114 valence electrons. The average molecular weight is 294 g/mol. The lowest BCUT2D eigenvalue weighted by molar-refractivity contribution is -0.135. The first-order valence-corrected chi connectivity index (χ1v) is 8.19. The summed E-state index contributed by atoms with van der Waals surface area (Å²) in [5, 5.41) is 1.26. The van der Waals surface area contributed by atoms with Gasteiger partial charge in [-0.1, -0.05) is 30.4 Å². The van der Waals surface area contributed by atoms with Crippen LogP contribution in [0.15, 0.2) is 48.7 Å². The second-order valence-corrected chi connectivity index (χ2v) is 6.71. The molecule has 0 spiro atoms. The number of amides is 1. The number of nitrogens with zero attached hydrogens (tertiary/aromatic N) is 2. The van der Waals surface area contributed by atoms with Gasteiger partial charge in [0.05, 0.1) is 0 Å². The predicted octanol–water partition coefficient (Wildman–Crippen LogP) is 3.31. The van der Waals surface area contributed by atoms with Gasteiger partial charge in [0.15, 0.2) is 0 Å². The van der Waals surface area contributed by atoms with Crippen LogP contribution in [-0.4, -0.2) is 29.0 Å². The fraction of sp³-hybridized carbons (Fsp3) is 0.421. The Balaban J connectivity index is 1.41. The van der Waals surface area contributed by atoms with Crippen molar-refractivity contribution < 1.29 is 4.79 Å². The maximum Gasteiger partial charge on any atom is 0.226 e. The Morgan fingerprint density at radius 1 is 1.23 bits per heavy atom. The molecule has 1 heterocycles. The number of likely N-dealkylation sites (N-methyl/N-ethyl adjacent to an activating group) is 1. The van der Waals surface area contributed by atoms with Gasteiger partial charge in [0.25, 0.3) is 0 Å². The second kappa shape index (κ2) is 5.31. The van der Waals surface area contributed by atoms with Gasteiger partial charge in [-0.15, -0.1) is 0 Å². The summed E-state index contributed by atoms with van der Waals surface area (Å²) in [6.07, 6.45) is 8.90. The van der Waals surface area contributed by atoms with Crippen molar-refractivity contribution in [2.45, 2.75) is 19.4 Å². The third-order valence-electron chi connectivity index (χ3n) is 5.33. The fourth-order valence-electron chi connectivity index (χ4n) is 4.05. The van der Waals surface area contributed by atoms with E-state index in [-0.39, 0.29) is 5.92 Å². The first-order valence-electron chi connectivity index (χ1n) is 8.19. The van der Waals surface area contributed by atoms with E-state index in [9.17, 15) is 4.79 Å². The predicted molar refractivity (Wildman–Crippen MR) is 88.4 cm³/mol. The summed E-state index contributed by atoms with van der Waals surface area (Å²) in [6, 6.07) is 10.5. The zero-order chi connectivity index (χ0) is 15.1. The van der Waals surface area contributed by atoms with E-state index in [1.807, 2.05) is 11.9 Å². The van der Waals surface area contributed by atoms with Crippen LogP contribution in [0.2, 0.25) is 0 Å². The number of fused-ring (bicyclic) bond motifs is 3. The smallest absolute Gasteiger partial charge is 0.226 e. The van der Waals surface area contributed by atoms with Gasteiger partial charge in [-0.25, -0.2) is 0 Å². The van der Waals surface area contributed by atoms with Crippen LogP contribution in [0.4, 0.5) is 0 Å². The van der Waals surface area contributed by atoms with Crippen molar-refractivity contribution in [3.05, 3.63) is 48.7 Å². The SMILES string of the molecule is CN(CCn1ccc2ccccc21)C(=O)[C@@H]1C[C@@H]2C=C[C@H]1C2. The maximum atomic E-state index is 12.6. The zero-order valence-electron chi connectivity index (χ0n) is 13.0. The van der Waals surface area contributed by atoms with E-state index in [2.05, 4.69) is 53.2 Å². The summed E-state index contributed by atoms with van der Waals surface area (Å²) in [6.45, 7) is 1.63. The normalized spacial score (nSPS) is 26.0. The molecule has 22 heavy (non-hydrogen) atoms. The molecular formula is C19H22N2O. The molecule has 3 heteroatoms. The van der Waals surface area contributed by atoms with Crippen molar-refractivity contribution in [3.8, 4) is 0 Å². The lowest BCUT2D eigenvalue weighted by atomic mass is 9.92. The molecule has 1 aromatic heterocycles. The third-order valence-corrected chi connectivity index (χ3v) is 5.33. The molecule has 2 aromatic rings. The van der Waals surface area contributed by atoms with E-state index in [4.69, 9.17) is 0 Å². The van der Waals surface area contributed by atoms with E-state index in [0.717, 1.165) is 19.5 Å². The fourth-order valence-corrected chi connectivity index (χ4v) is 4.05. The van der Waals surface area contributed by atoms with Gasteiger partial charge in [-0.2, -0.15) is 0 Å². The molecule has 0 N–H and O–H groups in total. The number of benzene rings is 1. The van der Waals surface area contributed by atoms with Crippen LogP contribution < -0.4 is 0 Å².